The zero-order valence-corrected chi connectivity index (χ0v) is 8.81. The average Bonchev–Trinajstić information content (AvgIpc) is 2.59. The van der Waals surface area contributed by atoms with E-state index in [4.69, 9.17) is 4.74 Å². The second-order valence-electron chi connectivity index (χ2n) is 4.64. The van der Waals surface area contributed by atoms with Crippen LogP contribution in [0.3, 0.4) is 0 Å². The van der Waals surface area contributed by atoms with Crippen LogP contribution in [0.4, 0.5) is 18.0 Å². The van der Waals surface area contributed by atoms with Crippen molar-refractivity contribution in [2.75, 3.05) is 0 Å². The van der Waals surface area contributed by atoms with E-state index < -0.39 is 29.8 Å². The topological polar surface area (TPSA) is 38.3 Å². The lowest BCUT2D eigenvalue weighted by Crippen LogP contribution is -2.35. The van der Waals surface area contributed by atoms with Crippen LogP contribution >= 0.6 is 0 Å². The minimum Gasteiger partial charge on any atom is -0.444 e. The summed E-state index contributed by atoms with van der Waals surface area (Å²) in [5.41, 5.74) is -0.688. The second-order valence-corrected chi connectivity index (χ2v) is 4.64. The third kappa shape index (κ3) is 3.97. The van der Waals surface area contributed by atoms with Crippen LogP contribution in [0.2, 0.25) is 0 Å². The van der Waals surface area contributed by atoms with Crippen molar-refractivity contribution in [2.45, 2.75) is 45.0 Å². The van der Waals surface area contributed by atoms with Gasteiger partial charge < -0.3 is 10.1 Å². The fraction of sp³-hybridized carbons (Fsp3) is 0.889. The van der Waals surface area contributed by atoms with Gasteiger partial charge >= 0.3 is 12.3 Å². The molecule has 0 saturated heterocycles. The summed E-state index contributed by atoms with van der Waals surface area (Å²) < 4.78 is 41.1. The highest BCUT2D eigenvalue weighted by molar-refractivity contribution is 5.68. The smallest absolute Gasteiger partial charge is 0.407 e. The van der Waals surface area contributed by atoms with Crippen LogP contribution in [0.15, 0.2) is 0 Å². The van der Waals surface area contributed by atoms with Crippen LogP contribution in [-0.4, -0.2) is 23.9 Å². The maximum atomic E-state index is 12.1. The van der Waals surface area contributed by atoms with Crippen molar-refractivity contribution < 1.29 is 22.7 Å². The average molecular weight is 225 g/mol. The van der Waals surface area contributed by atoms with Gasteiger partial charge in [-0.2, -0.15) is 13.2 Å². The molecule has 0 aromatic heterocycles. The number of alkyl carbamates (subject to hydrolysis) is 1. The Hall–Kier alpha value is -0.940. The maximum absolute atomic E-state index is 12.1. The van der Waals surface area contributed by atoms with E-state index in [1.165, 1.54) is 0 Å². The van der Waals surface area contributed by atoms with Crippen molar-refractivity contribution in [3.63, 3.8) is 0 Å². The molecule has 1 N–H and O–H groups in total. The van der Waals surface area contributed by atoms with Gasteiger partial charge in [0.1, 0.15) is 5.60 Å². The summed E-state index contributed by atoms with van der Waals surface area (Å²) in [6.07, 6.45) is -5.07. The molecular weight excluding hydrogens is 211 g/mol. The third-order valence-electron chi connectivity index (χ3n) is 1.91. The zero-order chi connectivity index (χ0) is 11.9. The molecule has 1 fully saturated rings. The molecule has 0 radical (unpaired) electrons. The molecule has 1 amide bonds. The largest absolute Gasteiger partial charge is 0.444 e. The number of ether oxygens (including phenoxy) is 1. The number of hydrogen-bond acceptors (Lipinski definition) is 2. The lowest BCUT2D eigenvalue weighted by Gasteiger charge is -2.19. The van der Waals surface area contributed by atoms with Crippen molar-refractivity contribution >= 4 is 6.09 Å². The summed E-state index contributed by atoms with van der Waals surface area (Å²) in [6, 6.07) is -0.820. The predicted molar refractivity (Wildman–Crippen MR) is 47.3 cm³/mol. The molecule has 0 bridgehead atoms. The Morgan fingerprint density at radius 2 is 1.87 bits per heavy atom. The number of hydrogen-bond donors (Lipinski definition) is 1. The number of rotatable bonds is 1. The molecule has 0 spiro atoms. The Balaban J connectivity index is 2.31. The molecule has 1 aliphatic rings. The molecule has 1 aliphatic carbocycles. The fourth-order valence-electron chi connectivity index (χ4n) is 1.18. The number of carbonyl (C=O) groups excluding carboxylic acids is 1. The highest BCUT2D eigenvalue weighted by Gasteiger charge is 2.56. The van der Waals surface area contributed by atoms with Crippen LogP contribution in [0.25, 0.3) is 0 Å². The van der Waals surface area contributed by atoms with Crippen molar-refractivity contribution in [1.82, 2.24) is 5.32 Å². The van der Waals surface area contributed by atoms with Gasteiger partial charge in [-0.15, -0.1) is 0 Å². The fourth-order valence-corrected chi connectivity index (χ4v) is 1.18. The molecular formula is C9H14F3NO2. The van der Waals surface area contributed by atoms with E-state index in [9.17, 15) is 18.0 Å². The van der Waals surface area contributed by atoms with E-state index in [-0.39, 0.29) is 6.42 Å². The van der Waals surface area contributed by atoms with Crippen LogP contribution in [0, 0.1) is 5.92 Å². The minimum absolute atomic E-state index is 0.0528. The summed E-state index contributed by atoms with van der Waals surface area (Å²) in [4.78, 5) is 11.1. The molecule has 6 heteroatoms. The number of halogens is 3. The molecule has 0 unspecified atom stereocenters. The van der Waals surface area contributed by atoms with Gasteiger partial charge in [0.05, 0.1) is 5.92 Å². The molecule has 3 nitrogen and oxygen atoms in total. The van der Waals surface area contributed by atoms with Crippen LogP contribution < -0.4 is 5.32 Å². The van der Waals surface area contributed by atoms with E-state index in [0.29, 0.717) is 0 Å². The van der Waals surface area contributed by atoms with E-state index >= 15 is 0 Å². The van der Waals surface area contributed by atoms with Crippen molar-refractivity contribution in [1.29, 1.82) is 0 Å². The lowest BCUT2D eigenvalue weighted by atomic mass is 10.2. The molecule has 15 heavy (non-hydrogen) atoms. The van der Waals surface area contributed by atoms with Gasteiger partial charge in [0.15, 0.2) is 0 Å². The van der Waals surface area contributed by atoms with Crippen LogP contribution in [0.5, 0.6) is 0 Å². The Kier molecular flexibility index (Phi) is 2.89. The second kappa shape index (κ2) is 3.57. The summed E-state index contributed by atoms with van der Waals surface area (Å²) in [7, 11) is 0. The van der Waals surface area contributed by atoms with E-state index in [1.807, 2.05) is 0 Å². The van der Waals surface area contributed by atoms with Crippen LogP contribution in [0.1, 0.15) is 27.2 Å². The van der Waals surface area contributed by atoms with Crippen LogP contribution in [-0.2, 0) is 4.74 Å². The van der Waals surface area contributed by atoms with Crippen molar-refractivity contribution in [2.24, 2.45) is 5.92 Å². The Labute approximate surface area is 86.0 Å². The first kappa shape index (κ1) is 12.1. The van der Waals surface area contributed by atoms with Gasteiger partial charge in [-0.1, -0.05) is 0 Å². The number of carbonyl (C=O) groups is 1. The monoisotopic (exact) mass is 225 g/mol. The highest BCUT2D eigenvalue weighted by Crippen LogP contribution is 2.44. The SMILES string of the molecule is CC(C)(C)OC(=O)N[C@@H]1C[C@H]1C(F)(F)F. The first-order chi connectivity index (χ1) is 6.59. The summed E-state index contributed by atoms with van der Waals surface area (Å²) >= 11 is 0. The molecule has 0 aromatic rings. The maximum Gasteiger partial charge on any atom is 0.407 e. The van der Waals surface area contributed by atoms with E-state index in [1.54, 1.807) is 20.8 Å². The minimum atomic E-state index is -4.22. The van der Waals surface area contributed by atoms with Gasteiger partial charge in [-0.25, -0.2) is 4.79 Å². The lowest BCUT2D eigenvalue weighted by molar-refractivity contribution is -0.148. The molecule has 0 heterocycles. The van der Waals surface area contributed by atoms with E-state index in [0.717, 1.165) is 0 Å². The van der Waals surface area contributed by atoms with Gasteiger partial charge in [-0.3, -0.25) is 0 Å². The van der Waals surface area contributed by atoms with Crippen molar-refractivity contribution in [3.05, 3.63) is 0 Å². The molecule has 2 atom stereocenters. The van der Waals surface area contributed by atoms with Gasteiger partial charge in [0.25, 0.3) is 0 Å². The normalized spacial score (nSPS) is 26.0. The molecule has 1 rings (SSSR count). The number of alkyl halides is 3. The number of nitrogens with one attached hydrogen (secondary N) is 1. The van der Waals surface area contributed by atoms with E-state index in [2.05, 4.69) is 5.32 Å². The molecule has 0 aromatic carbocycles. The summed E-state index contributed by atoms with van der Waals surface area (Å²) in [5.74, 6) is -1.41. The Morgan fingerprint density at radius 1 is 1.33 bits per heavy atom. The number of amides is 1. The van der Waals surface area contributed by atoms with Crippen molar-refractivity contribution in [3.8, 4) is 0 Å². The predicted octanol–water partition coefficient (Wildman–Crippen LogP) is 2.46. The Morgan fingerprint density at radius 3 is 2.20 bits per heavy atom. The first-order valence-corrected chi connectivity index (χ1v) is 4.66. The first-order valence-electron chi connectivity index (χ1n) is 4.66. The molecule has 88 valence electrons. The molecule has 0 aliphatic heterocycles. The zero-order valence-electron chi connectivity index (χ0n) is 8.81. The third-order valence-corrected chi connectivity index (χ3v) is 1.91. The van der Waals surface area contributed by atoms with Gasteiger partial charge in [-0.05, 0) is 27.2 Å². The highest BCUT2D eigenvalue weighted by atomic mass is 19.4. The van der Waals surface area contributed by atoms with Gasteiger partial charge in [0.2, 0.25) is 0 Å². The standard InChI is InChI=1S/C9H14F3NO2/c1-8(2,3)15-7(14)13-6-4-5(6)9(10,11)12/h5-6H,4H2,1-3H3,(H,13,14)/t5-,6-/m1/s1. The quantitative estimate of drug-likeness (QED) is 0.744. The summed E-state index contributed by atoms with van der Waals surface area (Å²) in [6.45, 7) is 4.96. The Bertz CT molecular complexity index is 257. The van der Waals surface area contributed by atoms with Gasteiger partial charge in [0, 0.05) is 6.04 Å². The summed E-state index contributed by atoms with van der Waals surface area (Å²) in [5, 5.41) is 2.19. The molecule has 1 saturated carbocycles.